The van der Waals surface area contributed by atoms with Crippen molar-refractivity contribution in [3.63, 3.8) is 0 Å². The molecule has 3 aliphatic rings. The van der Waals surface area contributed by atoms with Crippen molar-refractivity contribution in [2.45, 2.75) is 70.0 Å². The Morgan fingerprint density at radius 3 is 2.62 bits per heavy atom. The molecule has 2 saturated carbocycles. The maximum atomic E-state index is 3.78. The van der Waals surface area contributed by atoms with Crippen LogP contribution in [0.1, 0.15) is 51.9 Å². The Balaban J connectivity index is 1.44. The standard InChI is InChI=1S/C14H26N2/c1-11(9-15-13-4-2-3-5-13)16-10-12-6-7-14(16)8-12/h11-15H,2-10H2,1H3. The highest BCUT2D eigenvalue weighted by atomic mass is 15.2. The number of hydrogen-bond acceptors (Lipinski definition) is 2. The summed E-state index contributed by atoms with van der Waals surface area (Å²) in [6, 6.07) is 2.53. The molecule has 16 heavy (non-hydrogen) atoms. The van der Waals surface area contributed by atoms with E-state index in [-0.39, 0.29) is 0 Å². The molecule has 1 N–H and O–H groups in total. The van der Waals surface area contributed by atoms with Gasteiger partial charge in [-0.05, 0) is 44.9 Å². The molecule has 92 valence electrons. The molecular formula is C14H26N2. The van der Waals surface area contributed by atoms with Crippen LogP contribution < -0.4 is 5.32 Å². The number of likely N-dealkylation sites (tertiary alicyclic amines) is 1. The van der Waals surface area contributed by atoms with E-state index in [1.54, 1.807) is 0 Å². The summed E-state index contributed by atoms with van der Waals surface area (Å²) in [5.41, 5.74) is 0. The fourth-order valence-corrected chi connectivity index (χ4v) is 4.09. The maximum Gasteiger partial charge on any atom is 0.0195 e. The largest absolute Gasteiger partial charge is 0.312 e. The van der Waals surface area contributed by atoms with E-state index >= 15 is 0 Å². The Morgan fingerprint density at radius 2 is 2.00 bits per heavy atom. The van der Waals surface area contributed by atoms with Gasteiger partial charge in [0.15, 0.2) is 0 Å². The first kappa shape index (κ1) is 11.0. The van der Waals surface area contributed by atoms with Crippen molar-refractivity contribution in [1.29, 1.82) is 0 Å². The molecule has 3 rings (SSSR count). The summed E-state index contributed by atoms with van der Waals surface area (Å²) >= 11 is 0. The van der Waals surface area contributed by atoms with E-state index in [4.69, 9.17) is 0 Å². The number of piperidine rings is 1. The first-order chi connectivity index (χ1) is 7.83. The molecule has 3 fully saturated rings. The lowest BCUT2D eigenvalue weighted by molar-refractivity contribution is 0.154. The van der Waals surface area contributed by atoms with Crippen LogP contribution in [0.3, 0.4) is 0 Å². The fourth-order valence-electron chi connectivity index (χ4n) is 4.09. The lowest BCUT2D eigenvalue weighted by atomic mass is 10.1. The van der Waals surface area contributed by atoms with Crippen molar-refractivity contribution < 1.29 is 0 Å². The molecule has 2 aliphatic carbocycles. The van der Waals surface area contributed by atoms with Gasteiger partial charge in [0.05, 0.1) is 0 Å². The normalized spacial score (nSPS) is 37.3. The summed E-state index contributed by atoms with van der Waals surface area (Å²) in [6.45, 7) is 5.02. The van der Waals surface area contributed by atoms with Gasteiger partial charge in [0, 0.05) is 31.2 Å². The second kappa shape index (κ2) is 4.66. The minimum Gasteiger partial charge on any atom is -0.312 e. The van der Waals surface area contributed by atoms with Gasteiger partial charge >= 0.3 is 0 Å². The third-order valence-electron chi connectivity index (χ3n) is 5.07. The molecule has 1 saturated heterocycles. The zero-order valence-corrected chi connectivity index (χ0v) is 10.6. The van der Waals surface area contributed by atoms with E-state index in [0.29, 0.717) is 0 Å². The second-order valence-corrected chi connectivity index (χ2v) is 6.27. The van der Waals surface area contributed by atoms with Crippen LogP contribution in [0.15, 0.2) is 0 Å². The lowest BCUT2D eigenvalue weighted by Crippen LogP contribution is -2.46. The third-order valence-corrected chi connectivity index (χ3v) is 5.07. The molecule has 2 heteroatoms. The fraction of sp³-hybridized carbons (Fsp3) is 1.00. The second-order valence-electron chi connectivity index (χ2n) is 6.27. The SMILES string of the molecule is CC(CNC1CCCC1)N1CC2CCC1C2. The zero-order valence-electron chi connectivity index (χ0n) is 10.6. The number of hydrogen-bond donors (Lipinski definition) is 1. The molecule has 0 aromatic heterocycles. The van der Waals surface area contributed by atoms with Crippen LogP contribution in [0.25, 0.3) is 0 Å². The molecular weight excluding hydrogens is 196 g/mol. The molecule has 3 unspecified atom stereocenters. The highest BCUT2D eigenvalue weighted by Gasteiger charge is 2.39. The monoisotopic (exact) mass is 222 g/mol. The quantitative estimate of drug-likeness (QED) is 0.786. The zero-order chi connectivity index (χ0) is 11.0. The predicted molar refractivity (Wildman–Crippen MR) is 67.6 cm³/mol. The summed E-state index contributed by atoms with van der Waals surface area (Å²) < 4.78 is 0. The number of nitrogens with zero attached hydrogens (tertiary/aromatic N) is 1. The average molecular weight is 222 g/mol. The van der Waals surface area contributed by atoms with E-state index in [9.17, 15) is 0 Å². The highest BCUT2D eigenvalue weighted by Crippen LogP contribution is 2.38. The van der Waals surface area contributed by atoms with Crippen LogP contribution in [-0.2, 0) is 0 Å². The smallest absolute Gasteiger partial charge is 0.0195 e. The van der Waals surface area contributed by atoms with Crippen molar-refractivity contribution in [1.82, 2.24) is 10.2 Å². The van der Waals surface area contributed by atoms with Gasteiger partial charge in [0.1, 0.15) is 0 Å². The minimum atomic E-state index is 0.760. The average Bonchev–Trinajstić information content (AvgIpc) is 3.01. The van der Waals surface area contributed by atoms with Gasteiger partial charge < -0.3 is 5.32 Å². The predicted octanol–water partition coefficient (Wildman–Crippen LogP) is 2.39. The van der Waals surface area contributed by atoms with Crippen molar-refractivity contribution in [3.8, 4) is 0 Å². The molecule has 1 heterocycles. The van der Waals surface area contributed by atoms with Gasteiger partial charge in [-0.2, -0.15) is 0 Å². The first-order valence-corrected chi connectivity index (χ1v) is 7.32. The molecule has 2 bridgehead atoms. The third kappa shape index (κ3) is 2.14. The first-order valence-electron chi connectivity index (χ1n) is 7.32. The Labute approximate surface area is 99.8 Å². The van der Waals surface area contributed by atoms with Crippen LogP contribution in [0.5, 0.6) is 0 Å². The Bertz CT molecular complexity index is 235. The van der Waals surface area contributed by atoms with Crippen molar-refractivity contribution in [2.24, 2.45) is 5.92 Å². The molecule has 0 aromatic rings. The number of rotatable bonds is 4. The highest BCUT2D eigenvalue weighted by molar-refractivity contribution is 4.94. The molecule has 0 radical (unpaired) electrons. The van der Waals surface area contributed by atoms with Crippen LogP contribution >= 0.6 is 0 Å². The van der Waals surface area contributed by atoms with Crippen LogP contribution in [-0.4, -0.2) is 36.1 Å². The molecule has 3 atom stereocenters. The molecule has 0 spiro atoms. The van der Waals surface area contributed by atoms with Crippen LogP contribution in [0.2, 0.25) is 0 Å². The minimum absolute atomic E-state index is 0.760. The Hall–Kier alpha value is -0.0800. The van der Waals surface area contributed by atoms with Gasteiger partial charge in [-0.15, -0.1) is 0 Å². The maximum absolute atomic E-state index is 3.78. The van der Waals surface area contributed by atoms with Crippen LogP contribution in [0, 0.1) is 5.92 Å². The summed E-state index contributed by atoms with van der Waals surface area (Å²) in [5, 5.41) is 3.78. The Kier molecular flexibility index (Phi) is 3.21. The number of fused-ring (bicyclic) bond motifs is 2. The Morgan fingerprint density at radius 1 is 1.19 bits per heavy atom. The van der Waals surface area contributed by atoms with E-state index in [0.717, 1.165) is 24.0 Å². The van der Waals surface area contributed by atoms with E-state index in [2.05, 4.69) is 17.1 Å². The van der Waals surface area contributed by atoms with Gasteiger partial charge in [-0.1, -0.05) is 12.8 Å². The molecule has 1 aliphatic heterocycles. The van der Waals surface area contributed by atoms with Crippen molar-refractivity contribution >= 4 is 0 Å². The summed E-state index contributed by atoms with van der Waals surface area (Å²) in [7, 11) is 0. The number of nitrogens with one attached hydrogen (secondary N) is 1. The van der Waals surface area contributed by atoms with Gasteiger partial charge in [0.2, 0.25) is 0 Å². The molecule has 0 amide bonds. The summed E-state index contributed by atoms with van der Waals surface area (Å²) in [5.74, 6) is 1.04. The van der Waals surface area contributed by atoms with Gasteiger partial charge in [0.25, 0.3) is 0 Å². The molecule has 2 nitrogen and oxygen atoms in total. The lowest BCUT2D eigenvalue weighted by Gasteiger charge is -2.33. The topological polar surface area (TPSA) is 15.3 Å². The summed E-state index contributed by atoms with van der Waals surface area (Å²) in [6.07, 6.45) is 10.2. The van der Waals surface area contributed by atoms with E-state index < -0.39 is 0 Å². The summed E-state index contributed by atoms with van der Waals surface area (Å²) in [4.78, 5) is 2.77. The molecule has 0 aromatic carbocycles. The van der Waals surface area contributed by atoms with Gasteiger partial charge in [-0.3, -0.25) is 4.90 Å². The van der Waals surface area contributed by atoms with Gasteiger partial charge in [-0.25, -0.2) is 0 Å². The van der Waals surface area contributed by atoms with Crippen molar-refractivity contribution in [3.05, 3.63) is 0 Å². The van der Waals surface area contributed by atoms with E-state index in [1.807, 2.05) is 0 Å². The van der Waals surface area contributed by atoms with Crippen LogP contribution in [0.4, 0.5) is 0 Å². The van der Waals surface area contributed by atoms with Crippen molar-refractivity contribution in [2.75, 3.05) is 13.1 Å². The van der Waals surface area contributed by atoms with E-state index in [1.165, 1.54) is 58.0 Å².